The van der Waals surface area contributed by atoms with Crippen molar-refractivity contribution in [3.63, 3.8) is 0 Å². The first kappa shape index (κ1) is 12.7. The molecule has 0 saturated carbocycles. The van der Waals surface area contributed by atoms with Gasteiger partial charge in [-0.2, -0.15) is 0 Å². The van der Waals surface area contributed by atoms with E-state index in [1.54, 1.807) is 0 Å². The molecule has 2 aliphatic rings. The van der Waals surface area contributed by atoms with Crippen molar-refractivity contribution in [1.29, 1.82) is 0 Å². The van der Waals surface area contributed by atoms with E-state index in [4.69, 9.17) is 5.11 Å². The number of carbonyl (C=O) groups excluding carboxylic acids is 3. The monoisotopic (exact) mass is 273 g/mol. The third-order valence-corrected chi connectivity index (χ3v) is 3.73. The zero-order chi connectivity index (χ0) is 13.3. The molecule has 1 atom stereocenters. The fraction of sp³-hybridized carbons (Fsp3) is 0.556. The van der Waals surface area contributed by atoms with Crippen molar-refractivity contribution >= 4 is 35.6 Å². The van der Waals surface area contributed by atoms with Crippen LogP contribution in [0.5, 0.6) is 0 Å². The number of carboxylic acid groups (broad SMARTS) is 1. The summed E-state index contributed by atoms with van der Waals surface area (Å²) in [4.78, 5) is 47.3. The molecule has 0 aliphatic carbocycles. The van der Waals surface area contributed by atoms with Gasteiger partial charge in [0.15, 0.2) is 0 Å². The van der Waals surface area contributed by atoms with Crippen LogP contribution in [0.15, 0.2) is 0 Å². The second-order valence-electron chi connectivity index (χ2n) is 3.86. The van der Waals surface area contributed by atoms with Crippen molar-refractivity contribution in [3.8, 4) is 0 Å². The third-order valence-electron chi connectivity index (χ3n) is 2.72. The van der Waals surface area contributed by atoms with E-state index < -0.39 is 36.4 Å². The number of nitrogens with one attached hydrogen (secondary N) is 1. The standard InChI is InChI=1S/C9H11N3O5S/c13-6-1-10-9(17)11(6)2-7(14)12-4-18-3-5(12)8(15)16/h5H,1-4H2,(H,10,17)(H,15,16). The van der Waals surface area contributed by atoms with E-state index in [2.05, 4.69) is 5.32 Å². The number of hydrogen-bond donors (Lipinski definition) is 2. The van der Waals surface area contributed by atoms with Crippen LogP contribution in [-0.2, 0) is 14.4 Å². The smallest absolute Gasteiger partial charge is 0.327 e. The molecule has 1 unspecified atom stereocenters. The lowest BCUT2D eigenvalue weighted by Gasteiger charge is -2.22. The Morgan fingerprint density at radius 2 is 2.17 bits per heavy atom. The molecule has 0 radical (unpaired) electrons. The van der Waals surface area contributed by atoms with Crippen LogP contribution >= 0.6 is 11.8 Å². The molecule has 0 bridgehead atoms. The molecule has 2 N–H and O–H groups in total. The molecule has 8 nitrogen and oxygen atoms in total. The van der Waals surface area contributed by atoms with E-state index in [-0.39, 0.29) is 12.4 Å². The predicted molar refractivity (Wildman–Crippen MR) is 60.7 cm³/mol. The first-order valence-corrected chi connectivity index (χ1v) is 6.34. The summed E-state index contributed by atoms with van der Waals surface area (Å²) < 4.78 is 0. The lowest BCUT2D eigenvalue weighted by Crippen LogP contribution is -2.47. The summed E-state index contributed by atoms with van der Waals surface area (Å²) in [7, 11) is 0. The Morgan fingerprint density at radius 1 is 1.44 bits per heavy atom. The topological polar surface area (TPSA) is 107 Å². The number of rotatable bonds is 3. The number of nitrogens with zero attached hydrogens (tertiary/aromatic N) is 2. The van der Waals surface area contributed by atoms with Crippen molar-refractivity contribution in [2.24, 2.45) is 0 Å². The van der Waals surface area contributed by atoms with Crippen LogP contribution in [0.4, 0.5) is 4.79 Å². The van der Waals surface area contributed by atoms with Crippen LogP contribution in [0.1, 0.15) is 0 Å². The van der Waals surface area contributed by atoms with Crippen molar-refractivity contribution in [1.82, 2.24) is 15.1 Å². The molecular formula is C9H11N3O5S. The number of urea groups is 1. The normalized spacial score (nSPS) is 23.4. The Labute approximate surface area is 106 Å². The lowest BCUT2D eigenvalue weighted by molar-refractivity contribution is -0.148. The van der Waals surface area contributed by atoms with Gasteiger partial charge < -0.3 is 15.3 Å². The zero-order valence-corrected chi connectivity index (χ0v) is 10.1. The van der Waals surface area contributed by atoms with E-state index in [0.717, 1.165) is 4.90 Å². The minimum absolute atomic E-state index is 0.122. The highest BCUT2D eigenvalue weighted by atomic mass is 32.2. The maximum atomic E-state index is 11.9. The van der Waals surface area contributed by atoms with Crippen LogP contribution in [0.25, 0.3) is 0 Å². The zero-order valence-electron chi connectivity index (χ0n) is 9.29. The van der Waals surface area contributed by atoms with E-state index in [1.165, 1.54) is 16.7 Å². The largest absolute Gasteiger partial charge is 0.480 e. The van der Waals surface area contributed by atoms with Crippen LogP contribution in [0.3, 0.4) is 0 Å². The van der Waals surface area contributed by atoms with Gasteiger partial charge in [-0.25, -0.2) is 9.59 Å². The summed E-state index contributed by atoms with van der Waals surface area (Å²) in [6, 6.07) is -1.50. The number of thioether (sulfide) groups is 1. The van der Waals surface area contributed by atoms with E-state index in [1.807, 2.05) is 0 Å². The molecule has 98 valence electrons. The van der Waals surface area contributed by atoms with Gasteiger partial charge in [0, 0.05) is 5.75 Å². The van der Waals surface area contributed by atoms with Crippen LogP contribution in [0, 0.1) is 0 Å². The Kier molecular flexibility index (Phi) is 3.41. The van der Waals surface area contributed by atoms with Gasteiger partial charge in [0.2, 0.25) is 5.91 Å². The molecule has 0 aromatic rings. The fourth-order valence-corrected chi connectivity index (χ4v) is 2.91. The molecule has 0 spiro atoms. The number of carboxylic acids is 1. The second kappa shape index (κ2) is 4.84. The molecule has 2 fully saturated rings. The van der Waals surface area contributed by atoms with E-state index >= 15 is 0 Å². The van der Waals surface area contributed by atoms with Crippen molar-refractivity contribution < 1.29 is 24.3 Å². The minimum Gasteiger partial charge on any atom is -0.480 e. The highest BCUT2D eigenvalue weighted by Gasteiger charge is 2.37. The Balaban J connectivity index is 2.01. The van der Waals surface area contributed by atoms with Gasteiger partial charge in [0.05, 0.1) is 12.4 Å². The summed E-state index contributed by atoms with van der Waals surface area (Å²) in [6.07, 6.45) is 0. The molecule has 18 heavy (non-hydrogen) atoms. The summed E-state index contributed by atoms with van der Waals surface area (Å²) in [6.45, 7) is -0.530. The van der Waals surface area contributed by atoms with Gasteiger partial charge in [0.25, 0.3) is 5.91 Å². The van der Waals surface area contributed by atoms with Crippen LogP contribution in [0.2, 0.25) is 0 Å². The van der Waals surface area contributed by atoms with Crippen molar-refractivity contribution in [2.75, 3.05) is 24.7 Å². The number of carbonyl (C=O) groups is 4. The molecule has 9 heteroatoms. The summed E-state index contributed by atoms with van der Waals surface area (Å²) in [5.74, 6) is -1.50. The van der Waals surface area contributed by atoms with Gasteiger partial charge in [-0.15, -0.1) is 11.8 Å². The number of aliphatic carboxylic acids is 1. The Hall–Kier alpha value is -1.77. The van der Waals surface area contributed by atoms with E-state index in [9.17, 15) is 19.2 Å². The maximum absolute atomic E-state index is 11.9. The minimum atomic E-state index is -1.08. The Bertz CT molecular complexity index is 410. The summed E-state index contributed by atoms with van der Waals surface area (Å²) in [5, 5.41) is 11.2. The first-order chi connectivity index (χ1) is 8.50. The molecule has 4 amide bonds. The summed E-state index contributed by atoms with van der Waals surface area (Å²) in [5.41, 5.74) is 0. The molecule has 0 aromatic carbocycles. The highest BCUT2D eigenvalue weighted by molar-refractivity contribution is 7.99. The Morgan fingerprint density at radius 3 is 2.72 bits per heavy atom. The maximum Gasteiger partial charge on any atom is 0.327 e. The van der Waals surface area contributed by atoms with Gasteiger partial charge >= 0.3 is 12.0 Å². The average molecular weight is 273 g/mol. The molecule has 2 heterocycles. The van der Waals surface area contributed by atoms with Gasteiger partial charge in [-0.1, -0.05) is 0 Å². The lowest BCUT2D eigenvalue weighted by atomic mass is 10.3. The van der Waals surface area contributed by atoms with Crippen molar-refractivity contribution in [2.45, 2.75) is 6.04 Å². The van der Waals surface area contributed by atoms with Crippen LogP contribution < -0.4 is 5.32 Å². The third kappa shape index (κ3) is 2.26. The highest BCUT2D eigenvalue weighted by Crippen LogP contribution is 2.21. The second-order valence-corrected chi connectivity index (χ2v) is 4.86. The molecule has 0 aromatic heterocycles. The van der Waals surface area contributed by atoms with Gasteiger partial charge in [-0.05, 0) is 0 Å². The number of hydrogen-bond acceptors (Lipinski definition) is 5. The van der Waals surface area contributed by atoms with Gasteiger partial charge in [0.1, 0.15) is 12.6 Å². The predicted octanol–water partition coefficient (Wildman–Crippen LogP) is -1.48. The average Bonchev–Trinajstić information content (AvgIpc) is 2.90. The SMILES string of the molecule is O=C(O)C1CSCN1C(=O)CN1C(=O)CNC1=O. The number of amides is 4. The summed E-state index contributed by atoms with van der Waals surface area (Å²) >= 11 is 1.33. The molecule has 2 saturated heterocycles. The van der Waals surface area contributed by atoms with Gasteiger partial charge in [-0.3, -0.25) is 14.5 Å². The molecule has 2 rings (SSSR count). The van der Waals surface area contributed by atoms with Crippen molar-refractivity contribution in [3.05, 3.63) is 0 Å². The molecular weight excluding hydrogens is 262 g/mol. The molecule has 2 aliphatic heterocycles. The number of imide groups is 1. The van der Waals surface area contributed by atoms with E-state index in [0.29, 0.717) is 5.75 Å². The first-order valence-electron chi connectivity index (χ1n) is 5.19. The fourth-order valence-electron chi connectivity index (χ4n) is 1.73. The quantitative estimate of drug-likeness (QED) is 0.608. The van der Waals surface area contributed by atoms with Crippen LogP contribution in [-0.4, -0.2) is 69.5 Å².